The summed E-state index contributed by atoms with van der Waals surface area (Å²) < 4.78 is 16.4. The summed E-state index contributed by atoms with van der Waals surface area (Å²) in [4.78, 5) is 28.4. The maximum absolute atomic E-state index is 12.1. The van der Waals surface area contributed by atoms with Gasteiger partial charge in [-0.25, -0.2) is 9.78 Å². The highest BCUT2D eigenvalue weighted by Gasteiger charge is 2.21. The third kappa shape index (κ3) is 4.72. The molecule has 0 bridgehead atoms. The lowest BCUT2D eigenvalue weighted by atomic mass is 10.2. The Morgan fingerprint density at radius 2 is 1.86 bits per heavy atom. The second kappa shape index (κ2) is 8.74. The van der Waals surface area contributed by atoms with Crippen molar-refractivity contribution in [2.24, 2.45) is 0 Å². The Bertz CT molecular complexity index is 1010. The Hall–Kier alpha value is -3.39. The first-order valence-electron chi connectivity index (χ1n) is 9.02. The summed E-state index contributed by atoms with van der Waals surface area (Å²) in [6, 6.07) is 16.9. The van der Waals surface area contributed by atoms with Crippen molar-refractivity contribution in [1.82, 2.24) is 10.3 Å². The van der Waals surface area contributed by atoms with Crippen LogP contribution in [0.2, 0.25) is 0 Å². The molecule has 1 aliphatic heterocycles. The zero-order valence-corrected chi connectivity index (χ0v) is 16.2. The summed E-state index contributed by atoms with van der Waals surface area (Å²) in [5, 5.41) is 5.02. The Labute approximate surface area is 171 Å². The quantitative estimate of drug-likeness (QED) is 0.629. The van der Waals surface area contributed by atoms with Crippen LogP contribution >= 0.6 is 11.3 Å². The minimum atomic E-state index is -0.634. The van der Waals surface area contributed by atoms with Crippen molar-refractivity contribution >= 4 is 23.2 Å². The van der Waals surface area contributed by atoms with Gasteiger partial charge in [0.25, 0.3) is 5.91 Å². The van der Waals surface area contributed by atoms with Crippen LogP contribution in [-0.4, -0.2) is 42.7 Å². The number of carbonyl (C=O) groups is 2. The van der Waals surface area contributed by atoms with Crippen LogP contribution in [-0.2, 0) is 9.53 Å². The first kappa shape index (κ1) is 18.9. The van der Waals surface area contributed by atoms with Crippen molar-refractivity contribution in [1.29, 1.82) is 0 Å². The fourth-order valence-electron chi connectivity index (χ4n) is 2.73. The number of aromatic nitrogens is 1. The topological polar surface area (TPSA) is 86.8 Å². The van der Waals surface area contributed by atoms with Crippen LogP contribution in [0.15, 0.2) is 60.0 Å². The van der Waals surface area contributed by atoms with E-state index in [9.17, 15) is 9.59 Å². The lowest BCUT2D eigenvalue weighted by molar-refractivity contribution is -0.124. The molecule has 0 aliphatic carbocycles. The Morgan fingerprint density at radius 3 is 2.69 bits per heavy atom. The maximum atomic E-state index is 12.1. The van der Waals surface area contributed by atoms with Gasteiger partial charge in [0.15, 0.2) is 23.8 Å². The van der Waals surface area contributed by atoms with E-state index in [2.05, 4.69) is 10.3 Å². The summed E-state index contributed by atoms with van der Waals surface area (Å²) in [5.41, 5.74) is 1.10. The zero-order chi connectivity index (χ0) is 20.1. The molecule has 0 spiro atoms. The Balaban J connectivity index is 1.23. The second-order valence-electron chi connectivity index (χ2n) is 6.28. The molecule has 0 saturated carbocycles. The van der Waals surface area contributed by atoms with E-state index in [-0.39, 0.29) is 24.9 Å². The van der Waals surface area contributed by atoms with Gasteiger partial charge in [0.1, 0.15) is 17.7 Å². The summed E-state index contributed by atoms with van der Waals surface area (Å²) >= 11 is 1.35. The molecule has 0 saturated heterocycles. The third-order valence-corrected chi connectivity index (χ3v) is 5.05. The molecule has 8 heteroatoms. The Kier molecular flexibility index (Phi) is 5.71. The lowest BCUT2D eigenvalue weighted by Gasteiger charge is -2.26. The smallest absolute Gasteiger partial charge is 0.358 e. The van der Waals surface area contributed by atoms with Crippen LogP contribution in [0.25, 0.3) is 10.6 Å². The summed E-state index contributed by atoms with van der Waals surface area (Å²) in [6.45, 7) is 0.193. The number of hydrogen-bond donors (Lipinski definition) is 1. The van der Waals surface area contributed by atoms with Crippen molar-refractivity contribution in [3.05, 3.63) is 65.7 Å². The minimum Gasteiger partial charge on any atom is -0.486 e. The van der Waals surface area contributed by atoms with Crippen molar-refractivity contribution in [2.75, 3.05) is 19.8 Å². The monoisotopic (exact) mass is 410 g/mol. The third-order valence-electron chi connectivity index (χ3n) is 4.16. The first-order chi connectivity index (χ1) is 14.2. The number of esters is 1. The van der Waals surface area contributed by atoms with Crippen molar-refractivity contribution in [2.45, 2.75) is 6.10 Å². The number of carbonyl (C=O) groups excluding carboxylic acids is 2. The maximum Gasteiger partial charge on any atom is 0.358 e. The van der Waals surface area contributed by atoms with E-state index in [0.717, 1.165) is 10.6 Å². The fraction of sp³-hybridized carbons (Fsp3) is 0.190. The largest absolute Gasteiger partial charge is 0.486 e. The van der Waals surface area contributed by atoms with Gasteiger partial charge in [0.05, 0.1) is 6.54 Å². The summed E-state index contributed by atoms with van der Waals surface area (Å²) in [5.74, 6) is 0.272. The fourth-order valence-corrected chi connectivity index (χ4v) is 3.52. The number of benzene rings is 2. The number of para-hydroxylation sites is 2. The molecular weight excluding hydrogens is 392 g/mol. The van der Waals surface area contributed by atoms with Gasteiger partial charge < -0.3 is 19.5 Å². The molecule has 7 nitrogen and oxygen atoms in total. The van der Waals surface area contributed by atoms with Crippen molar-refractivity contribution in [3.8, 4) is 22.1 Å². The molecule has 148 valence electrons. The second-order valence-corrected chi connectivity index (χ2v) is 7.14. The van der Waals surface area contributed by atoms with Gasteiger partial charge >= 0.3 is 5.97 Å². The normalized spacial score (nSPS) is 14.8. The zero-order valence-electron chi connectivity index (χ0n) is 15.4. The predicted octanol–water partition coefficient (Wildman–Crippen LogP) is 2.92. The van der Waals surface area contributed by atoms with E-state index in [4.69, 9.17) is 14.2 Å². The number of amides is 1. The number of hydrogen-bond acceptors (Lipinski definition) is 7. The molecule has 0 unspecified atom stereocenters. The van der Waals surface area contributed by atoms with Crippen LogP contribution < -0.4 is 14.8 Å². The Morgan fingerprint density at radius 1 is 1.10 bits per heavy atom. The molecule has 1 N–H and O–H groups in total. The van der Waals surface area contributed by atoms with Gasteiger partial charge in [-0.1, -0.05) is 42.5 Å². The van der Waals surface area contributed by atoms with Crippen LogP contribution in [0.1, 0.15) is 10.5 Å². The van der Waals surface area contributed by atoms with Gasteiger partial charge in [-0.05, 0) is 12.1 Å². The van der Waals surface area contributed by atoms with Crippen molar-refractivity contribution in [3.63, 3.8) is 0 Å². The number of nitrogens with zero attached hydrogens (tertiary/aromatic N) is 1. The van der Waals surface area contributed by atoms with E-state index in [1.165, 1.54) is 11.3 Å². The van der Waals surface area contributed by atoms with E-state index in [0.29, 0.717) is 18.1 Å². The molecule has 0 radical (unpaired) electrons. The molecule has 1 aromatic heterocycles. The molecule has 1 amide bonds. The van der Waals surface area contributed by atoms with Crippen LogP contribution in [0.4, 0.5) is 0 Å². The SMILES string of the molecule is O=C(COC(=O)c1csc(-c2ccccc2)n1)NC[C@H]1COc2ccccc2O1. The molecule has 3 aromatic rings. The highest BCUT2D eigenvalue weighted by molar-refractivity contribution is 7.13. The number of nitrogens with one attached hydrogen (secondary N) is 1. The number of thiazole rings is 1. The average Bonchev–Trinajstić information content (AvgIpc) is 3.27. The van der Waals surface area contributed by atoms with Gasteiger partial charge in [-0.15, -0.1) is 11.3 Å². The molecular formula is C21H18N2O5S. The lowest BCUT2D eigenvalue weighted by Crippen LogP contribution is -2.42. The van der Waals surface area contributed by atoms with Gasteiger partial charge in [-0.3, -0.25) is 4.79 Å². The van der Waals surface area contributed by atoms with Crippen LogP contribution in [0.5, 0.6) is 11.5 Å². The summed E-state index contributed by atoms with van der Waals surface area (Å²) in [7, 11) is 0. The van der Waals surface area contributed by atoms with Crippen LogP contribution in [0, 0.1) is 0 Å². The van der Waals surface area contributed by atoms with E-state index >= 15 is 0 Å². The van der Waals surface area contributed by atoms with E-state index in [1.54, 1.807) is 5.38 Å². The summed E-state index contributed by atoms with van der Waals surface area (Å²) in [6.07, 6.45) is -0.309. The van der Waals surface area contributed by atoms with Gasteiger partial charge in [-0.2, -0.15) is 0 Å². The number of rotatable bonds is 6. The first-order valence-corrected chi connectivity index (χ1v) is 9.90. The minimum absolute atomic E-state index is 0.183. The molecule has 29 heavy (non-hydrogen) atoms. The predicted molar refractivity (Wildman–Crippen MR) is 107 cm³/mol. The number of fused-ring (bicyclic) bond motifs is 1. The molecule has 2 heterocycles. The van der Waals surface area contributed by atoms with E-state index in [1.807, 2.05) is 54.6 Å². The number of ether oxygens (including phenoxy) is 3. The molecule has 2 aromatic carbocycles. The molecule has 1 atom stereocenters. The molecule has 1 aliphatic rings. The highest BCUT2D eigenvalue weighted by Crippen LogP contribution is 2.30. The average molecular weight is 410 g/mol. The van der Waals surface area contributed by atoms with Gasteiger partial charge in [0.2, 0.25) is 0 Å². The van der Waals surface area contributed by atoms with Gasteiger partial charge in [0, 0.05) is 10.9 Å². The standard InChI is InChI=1S/C21H18N2O5S/c24-19(22-10-15-11-26-17-8-4-5-9-18(17)28-15)12-27-21(25)16-13-29-20(23-16)14-6-2-1-3-7-14/h1-9,13,15H,10-12H2,(H,22,24)/t15-/m0/s1. The highest BCUT2D eigenvalue weighted by atomic mass is 32.1. The van der Waals surface area contributed by atoms with E-state index < -0.39 is 11.9 Å². The van der Waals surface area contributed by atoms with Crippen molar-refractivity contribution < 1.29 is 23.8 Å². The molecule has 0 fully saturated rings. The van der Waals surface area contributed by atoms with Crippen LogP contribution in [0.3, 0.4) is 0 Å². The molecule has 4 rings (SSSR count).